The summed E-state index contributed by atoms with van der Waals surface area (Å²) in [5, 5.41) is 4.30. The minimum absolute atomic E-state index is 0.0524. The van der Waals surface area contributed by atoms with Crippen LogP contribution in [0.3, 0.4) is 0 Å². The molecule has 7 heteroatoms. The third kappa shape index (κ3) is 5.17. The molecule has 2 heterocycles. The van der Waals surface area contributed by atoms with Crippen molar-refractivity contribution in [1.29, 1.82) is 0 Å². The molecule has 0 bridgehead atoms. The molecule has 1 fully saturated rings. The first-order valence-electron chi connectivity index (χ1n) is 8.72. The normalized spacial score (nSPS) is 18.5. The van der Waals surface area contributed by atoms with E-state index in [4.69, 9.17) is 0 Å². The first-order valence-corrected chi connectivity index (χ1v) is 9.60. The Morgan fingerprint density at radius 1 is 1.23 bits per heavy atom. The average Bonchev–Trinajstić information content (AvgIpc) is 3.09. The van der Waals surface area contributed by atoms with Crippen LogP contribution >= 0.6 is 11.3 Å². The van der Waals surface area contributed by atoms with E-state index in [1.165, 1.54) is 11.3 Å². The Morgan fingerprint density at radius 2 is 1.96 bits per heavy atom. The van der Waals surface area contributed by atoms with Crippen LogP contribution in [-0.4, -0.2) is 35.6 Å². The molecule has 1 aliphatic rings. The summed E-state index contributed by atoms with van der Waals surface area (Å²) in [5.41, 5.74) is 0. The summed E-state index contributed by atoms with van der Waals surface area (Å²) < 4.78 is 0. The van der Waals surface area contributed by atoms with Gasteiger partial charge in [0.2, 0.25) is 11.6 Å². The molecular formula is C19H23NO5S. The van der Waals surface area contributed by atoms with Gasteiger partial charge < -0.3 is 5.32 Å². The Balaban J connectivity index is 1.97. The minimum atomic E-state index is -0.655. The molecule has 2 rings (SSSR count). The van der Waals surface area contributed by atoms with Crippen LogP contribution in [0.25, 0.3) is 0 Å². The molecule has 0 radical (unpaired) electrons. The van der Waals surface area contributed by atoms with Crippen molar-refractivity contribution in [3.05, 3.63) is 22.4 Å². The van der Waals surface area contributed by atoms with E-state index in [0.717, 1.165) is 4.88 Å². The topological polar surface area (TPSA) is 97.4 Å². The fraction of sp³-hybridized carbons (Fsp3) is 0.526. The summed E-state index contributed by atoms with van der Waals surface area (Å²) in [5.74, 6) is -3.90. The number of carbonyl (C=O) groups is 5. The van der Waals surface area contributed by atoms with Crippen molar-refractivity contribution in [2.24, 2.45) is 17.8 Å². The molecule has 2 unspecified atom stereocenters. The lowest BCUT2D eigenvalue weighted by Gasteiger charge is -2.24. The third-order valence-corrected chi connectivity index (χ3v) is 5.55. The number of hydrogen-bond donors (Lipinski definition) is 1. The number of nitrogens with one attached hydrogen (secondary N) is 1. The predicted molar refractivity (Wildman–Crippen MR) is 96.7 cm³/mol. The molecule has 1 amide bonds. The summed E-state index contributed by atoms with van der Waals surface area (Å²) in [4.78, 5) is 61.1. The molecule has 0 spiro atoms. The van der Waals surface area contributed by atoms with Gasteiger partial charge in [-0.1, -0.05) is 19.9 Å². The van der Waals surface area contributed by atoms with Gasteiger partial charge in [-0.2, -0.15) is 0 Å². The van der Waals surface area contributed by atoms with Gasteiger partial charge in [0.25, 0.3) is 5.91 Å². The molecule has 6 nitrogen and oxygen atoms in total. The molecule has 1 aliphatic heterocycles. The monoisotopic (exact) mass is 377 g/mol. The summed E-state index contributed by atoms with van der Waals surface area (Å²) in [6.45, 7) is 4.00. The van der Waals surface area contributed by atoms with Crippen molar-refractivity contribution in [3.63, 3.8) is 0 Å². The van der Waals surface area contributed by atoms with Crippen molar-refractivity contribution < 1.29 is 24.0 Å². The molecule has 1 N–H and O–H groups in total. The lowest BCUT2D eigenvalue weighted by atomic mass is 9.80. The molecule has 140 valence electrons. The van der Waals surface area contributed by atoms with Gasteiger partial charge in [-0.05, 0) is 23.8 Å². The number of thiophene rings is 1. The molecular weight excluding hydrogens is 354 g/mol. The largest absolute Gasteiger partial charge is 0.349 e. The van der Waals surface area contributed by atoms with Crippen LogP contribution in [0.2, 0.25) is 0 Å². The Hall–Kier alpha value is -2.15. The second-order valence-electron chi connectivity index (χ2n) is 6.93. The van der Waals surface area contributed by atoms with Gasteiger partial charge >= 0.3 is 0 Å². The molecule has 1 saturated heterocycles. The maximum Gasteiger partial charge on any atom is 0.287 e. The third-order valence-electron chi connectivity index (χ3n) is 4.67. The summed E-state index contributed by atoms with van der Waals surface area (Å²) in [6, 6.07) is 3.61. The second kappa shape index (κ2) is 8.98. The van der Waals surface area contributed by atoms with E-state index in [0.29, 0.717) is 13.0 Å². The van der Waals surface area contributed by atoms with E-state index in [-0.39, 0.29) is 31.0 Å². The highest BCUT2D eigenvalue weighted by molar-refractivity contribution is 7.10. The van der Waals surface area contributed by atoms with Crippen LogP contribution in [0, 0.1) is 17.8 Å². The number of rotatable bonds is 9. The lowest BCUT2D eigenvalue weighted by molar-refractivity contribution is -0.143. The maximum absolute atomic E-state index is 12.6. The fourth-order valence-electron chi connectivity index (χ4n) is 3.06. The lowest BCUT2D eigenvalue weighted by Crippen LogP contribution is -2.43. The summed E-state index contributed by atoms with van der Waals surface area (Å²) >= 11 is 1.41. The Bertz CT molecular complexity index is 708. The molecule has 2 atom stereocenters. The van der Waals surface area contributed by atoms with E-state index < -0.39 is 35.1 Å². The maximum atomic E-state index is 12.6. The predicted octanol–water partition coefficient (Wildman–Crippen LogP) is 1.76. The first-order chi connectivity index (χ1) is 12.3. The van der Waals surface area contributed by atoms with Crippen LogP contribution in [0.1, 0.15) is 38.0 Å². The molecule has 26 heavy (non-hydrogen) atoms. The van der Waals surface area contributed by atoms with Gasteiger partial charge in [0.15, 0.2) is 5.78 Å². The van der Waals surface area contributed by atoms with Crippen LogP contribution in [-0.2, 0) is 30.4 Å². The van der Waals surface area contributed by atoms with Crippen LogP contribution in [0.5, 0.6) is 0 Å². The smallest absolute Gasteiger partial charge is 0.287 e. The number of ketones is 4. The van der Waals surface area contributed by atoms with Crippen molar-refractivity contribution in [2.45, 2.75) is 39.5 Å². The van der Waals surface area contributed by atoms with Crippen LogP contribution in [0.4, 0.5) is 0 Å². The van der Waals surface area contributed by atoms with Crippen molar-refractivity contribution in [1.82, 2.24) is 5.32 Å². The molecule has 0 aromatic carbocycles. The molecule has 0 saturated carbocycles. The molecule has 0 aliphatic carbocycles. The van der Waals surface area contributed by atoms with Crippen molar-refractivity contribution >= 4 is 40.4 Å². The average molecular weight is 377 g/mol. The van der Waals surface area contributed by atoms with Gasteiger partial charge in [-0.25, -0.2) is 0 Å². The van der Waals surface area contributed by atoms with E-state index in [1.807, 2.05) is 25.3 Å². The Labute approximate surface area is 156 Å². The van der Waals surface area contributed by atoms with E-state index in [1.54, 1.807) is 6.07 Å². The number of carbonyl (C=O) groups excluding carboxylic acids is 5. The molecule has 1 aromatic heterocycles. The quantitative estimate of drug-likeness (QED) is 0.661. The zero-order chi connectivity index (χ0) is 19.3. The number of Topliss-reactive ketones (excluding diaryl/α,β-unsaturated/α-hetero) is 4. The summed E-state index contributed by atoms with van der Waals surface area (Å²) in [6.07, 6.45) is 0.276. The van der Waals surface area contributed by atoms with Gasteiger partial charge in [0.1, 0.15) is 5.78 Å². The SMILES string of the molecule is CC(C)C(CC(=O)C(=O)Cc1cccs1)C(=O)CC1CCNC(=O)C1=O. The van der Waals surface area contributed by atoms with Crippen molar-refractivity contribution in [2.75, 3.05) is 6.54 Å². The number of amides is 1. The Morgan fingerprint density at radius 3 is 2.58 bits per heavy atom. The number of hydrogen-bond acceptors (Lipinski definition) is 6. The van der Waals surface area contributed by atoms with Gasteiger partial charge in [-0.15, -0.1) is 11.3 Å². The highest BCUT2D eigenvalue weighted by atomic mass is 32.1. The van der Waals surface area contributed by atoms with Crippen LogP contribution < -0.4 is 5.32 Å². The van der Waals surface area contributed by atoms with Crippen molar-refractivity contribution in [3.8, 4) is 0 Å². The zero-order valence-corrected chi connectivity index (χ0v) is 15.8. The first kappa shape index (κ1) is 20.2. The Kier molecular flexibility index (Phi) is 6.97. The molecule has 1 aromatic rings. The van der Waals surface area contributed by atoms with Gasteiger partial charge in [-0.3, -0.25) is 24.0 Å². The second-order valence-corrected chi connectivity index (χ2v) is 7.97. The van der Waals surface area contributed by atoms with Gasteiger partial charge in [0.05, 0.1) is 0 Å². The summed E-state index contributed by atoms with van der Waals surface area (Å²) in [7, 11) is 0. The van der Waals surface area contributed by atoms with E-state index in [2.05, 4.69) is 5.32 Å². The minimum Gasteiger partial charge on any atom is -0.349 e. The highest BCUT2D eigenvalue weighted by Crippen LogP contribution is 2.24. The fourth-order valence-corrected chi connectivity index (χ4v) is 3.76. The number of piperidine rings is 1. The standard InChI is InChI=1S/C19H23NO5S/c1-11(2)14(10-17(23)16(22)9-13-4-3-7-26-13)15(21)8-12-5-6-20-19(25)18(12)24/h3-4,7,11-12,14H,5-6,8-10H2,1-2H3,(H,20,25). The highest BCUT2D eigenvalue weighted by Gasteiger charge is 2.34. The van der Waals surface area contributed by atoms with E-state index >= 15 is 0 Å². The zero-order valence-electron chi connectivity index (χ0n) is 14.9. The van der Waals surface area contributed by atoms with E-state index in [9.17, 15) is 24.0 Å². The van der Waals surface area contributed by atoms with Gasteiger partial charge in [0, 0.05) is 42.5 Å². The van der Waals surface area contributed by atoms with Crippen LogP contribution in [0.15, 0.2) is 17.5 Å².